The van der Waals surface area contributed by atoms with Gasteiger partial charge in [-0.05, 0) is 29.3 Å². The zero-order valence-electron chi connectivity index (χ0n) is 17.8. The summed E-state index contributed by atoms with van der Waals surface area (Å²) in [6, 6.07) is 20.5. The van der Waals surface area contributed by atoms with Gasteiger partial charge >= 0.3 is 0 Å². The number of benzene rings is 2. The van der Waals surface area contributed by atoms with Gasteiger partial charge in [-0.3, -0.25) is 9.69 Å². The van der Waals surface area contributed by atoms with Gasteiger partial charge in [-0.1, -0.05) is 42.5 Å². The Hall–Kier alpha value is -3.05. The van der Waals surface area contributed by atoms with Crippen molar-refractivity contribution in [1.29, 1.82) is 0 Å². The average molecular weight is 417 g/mol. The normalized spacial score (nSPS) is 16.2. The number of rotatable bonds is 6. The maximum atomic E-state index is 12.7. The lowest BCUT2D eigenvalue weighted by atomic mass is 10.1. The number of carbonyl (C=O) groups is 1. The van der Waals surface area contributed by atoms with Crippen LogP contribution < -0.4 is 4.74 Å². The molecule has 160 valence electrons. The predicted molar refractivity (Wildman–Crippen MR) is 120 cm³/mol. The summed E-state index contributed by atoms with van der Waals surface area (Å²) in [6.07, 6.45) is 2.14. The van der Waals surface area contributed by atoms with Crippen LogP contribution in [0.4, 0.5) is 0 Å². The molecule has 5 nitrogen and oxygen atoms in total. The second-order valence-corrected chi connectivity index (χ2v) is 8.33. The molecule has 0 N–H and O–H groups in total. The summed E-state index contributed by atoms with van der Waals surface area (Å²) in [5, 5.41) is 0. The molecule has 2 aliphatic rings. The van der Waals surface area contributed by atoms with Gasteiger partial charge in [0.1, 0.15) is 17.3 Å². The number of hydrogen-bond donors (Lipinski definition) is 0. The van der Waals surface area contributed by atoms with Crippen molar-refractivity contribution in [3.63, 3.8) is 0 Å². The van der Waals surface area contributed by atoms with Gasteiger partial charge in [-0.15, -0.1) is 0 Å². The van der Waals surface area contributed by atoms with Crippen molar-refractivity contribution in [2.45, 2.75) is 25.8 Å². The Morgan fingerprint density at radius 1 is 0.935 bits per heavy atom. The molecule has 1 fully saturated rings. The number of ether oxygens (including phenoxy) is 1. The van der Waals surface area contributed by atoms with Gasteiger partial charge in [0.15, 0.2) is 0 Å². The molecule has 5 rings (SSSR count). The van der Waals surface area contributed by atoms with E-state index in [0.717, 1.165) is 68.6 Å². The molecule has 0 atom stereocenters. The summed E-state index contributed by atoms with van der Waals surface area (Å²) in [4.78, 5) is 17.1. The van der Waals surface area contributed by atoms with Crippen LogP contribution in [-0.2, 0) is 24.2 Å². The number of fused-ring (bicyclic) bond motifs is 1. The number of hydrogen-bond acceptors (Lipinski definition) is 4. The lowest BCUT2D eigenvalue weighted by Gasteiger charge is -2.34. The highest BCUT2D eigenvalue weighted by Crippen LogP contribution is 2.26. The van der Waals surface area contributed by atoms with Crippen LogP contribution >= 0.6 is 0 Å². The summed E-state index contributed by atoms with van der Waals surface area (Å²) >= 11 is 0. The van der Waals surface area contributed by atoms with Gasteiger partial charge in [0.05, 0.1) is 6.61 Å². The van der Waals surface area contributed by atoms with E-state index in [-0.39, 0.29) is 5.91 Å². The Labute approximate surface area is 183 Å². The first kappa shape index (κ1) is 19.9. The lowest BCUT2D eigenvalue weighted by Crippen LogP contribution is -2.48. The number of amides is 1. The molecule has 3 aromatic rings. The van der Waals surface area contributed by atoms with Crippen molar-refractivity contribution in [2.24, 2.45) is 0 Å². The van der Waals surface area contributed by atoms with E-state index in [1.165, 1.54) is 11.1 Å². The molecular formula is C26H28N2O3. The predicted octanol–water partition coefficient (Wildman–Crippen LogP) is 4.16. The Morgan fingerprint density at radius 2 is 1.77 bits per heavy atom. The van der Waals surface area contributed by atoms with Crippen LogP contribution in [0.3, 0.4) is 0 Å². The number of nitrogens with zero attached hydrogens (tertiary/aromatic N) is 2. The molecule has 0 bridgehead atoms. The molecule has 2 aromatic carbocycles. The number of carbonyl (C=O) groups excluding carboxylic acids is 1. The third-order valence-corrected chi connectivity index (χ3v) is 6.19. The zero-order chi connectivity index (χ0) is 21.0. The molecule has 1 aromatic heterocycles. The third-order valence-electron chi connectivity index (χ3n) is 6.19. The maximum Gasteiger partial charge on any atom is 0.223 e. The second kappa shape index (κ2) is 8.98. The quantitative estimate of drug-likeness (QED) is 0.605. The minimum atomic E-state index is 0.215. The second-order valence-electron chi connectivity index (χ2n) is 8.33. The molecule has 0 unspecified atom stereocenters. The fourth-order valence-corrected chi connectivity index (χ4v) is 4.41. The Bertz CT molecular complexity index is 1040. The van der Waals surface area contributed by atoms with E-state index in [1.807, 2.05) is 47.4 Å². The summed E-state index contributed by atoms with van der Waals surface area (Å²) < 4.78 is 11.5. The van der Waals surface area contributed by atoms with Crippen LogP contribution in [0.15, 0.2) is 65.1 Å². The molecule has 1 amide bonds. The molecule has 3 heterocycles. The van der Waals surface area contributed by atoms with Crippen LogP contribution in [0.5, 0.6) is 5.75 Å². The van der Waals surface area contributed by atoms with Gasteiger partial charge in [0, 0.05) is 57.5 Å². The van der Waals surface area contributed by atoms with E-state index in [4.69, 9.17) is 9.15 Å². The van der Waals surface area contributed by atoms with Gasteiger partial charge in [0.25, 0.3) is 0 Å². The van der Waals surface area contributed by atoms with Crippen molar-refractivity contribution in [2.75, 3.05) is 32.8 Å². The topological polar surface area (TPSA) is 45.9 Å². The summed E-state index contributed by atoms with van der Waals surface area (Å²) in [5.41, 5.74) is 3.71. The molecule has 0 aliphatic carbocycles. The van der Waals surface area contributed by atoms with E-state index < -0.39 is 0 Å². The first-order valence-electron chi connectivity index (χ1n) is 11.1. The SMILES string of the molecule is O=C(CCc1ccc(-c2ccccc2)o1)N1CCN(Cc2ccc3c(c2)CCO3)CC1. The van der Waals surface area contributed by atoms with Crippen LogP contribution in [-0.4, -0.2) is 48.5 Å². The minimum Gasteiger partial charge on any atom is -0.493 e. The van der Waals surface area contributed by atoms with Crippen LogP contribution in [0.25, 0.3) is 11.3 Å². The number of furan rings is 1. The standard InChI is InChI=1S/C26H28N2O3/c29-26(11-8-23-7-10-25(31-23)21-4-2-1-3-5-21)28-15-13-27(14-16-28)19-20-6-9-24-22(18-20)12-17-30-24/h1-7,9-10,18H,8,11-17,19H2. The Morgan fingerprint density at radius 3 is 2.61 bits per heavy atom. The first-order chi connectivity index (χ1) is 15.2. The third kappa shape index (κ3) is 4.67. The fourth-order valence-electron chi connectivity index (χ4n) is 4.41. The lowest BCUT2D eigenvalue weighted by molar-refractivity contribution is -0.133. The number of piperazine rings is 1. The molecule has 0 spiro atoms. The van der Waals surface area contributed by atoms with Gasteiger partial charge in [-0.2, -0.15) is 0 Å². The Kier molecular flexibility index (Phi) is 5.76. The van der Waals surface area contributed by atoms with E-state index >= 15 is 0 Å². The first-order valence-corrected chi connectivity index (χ1v) is 11.1. The van der Waals surface area contributed by atoms with Crippen LogP contribution in [0, 0.1) is 0 Å². The van der Waals surface area contributed by atoms with Crippen LogP contribution in [0.1, 0.15) is 23.3 Å². The largest absolute Gasteiger partial charge is 0.493 e. The van der Waals surface area contributed by atoms with E-state index in [2.05, 4.69) is 23.1 Å². The van der Waals surface area contributed by atoms with Gasteiger partial charge in [0.2, 0.25) is 5.91 Å². The average Bonchev–Trinajstić information content (AvgIpc) is 3.48. The molecule has 2 aliphatic heterocycles. The number of aryl methyl sites for hydroxylation is 1. The van der Waals surface area contributed by atoms with Gasteiger partial charge in [-0.25, -0.2) is 0 Å². The van der Waals surface area contributed by atoms with Crippen molar-refractivity contribution < 1.29 is 13.9 Å². The zero-order valence-corrected chi connectivity index (χ0v) is 17.8. The van der Waals surface area contributed by atoms with Crippen molar-refractivity contribution >= 4 is 5.91 Å². The van der Waals surface area contributed by atoms with Gasteiger partial charge < -0.3 is 14.1 Å². The van der Waals surface area contributed by atoms with Crippen molar-refractivity contribution in [3.05, 3.63) is 77.6 Å². The highest BCUT2D eigenvalue weighted by Gasteiger charge is 2.22. The molecular weight excluding hydrogens is 388 g/mol. The monoisotopic (exact) mass is 416 g/mol. The molecule has 5 heteroatoms. The fraction of sp³-hybridized carbons (Fsp3) is 0.346. The summed E-state index contributed by atoms with van der Waals surface area (Å²) in [6.45, 7) is 5.15. The summed E-state index contributed by atoms with van der Waals surface area (Å²) in [5.74, 6) is 2.97. The smallest absolute Gasteiger partial charge is 0.223 e. The molecule has 0 saturated carbocycles. The highest BCUT2D eigenvalue weighted by molar-refractivity contribution is 5.76. The van der Waals surface area contributed by atoms with Crippen LogP contribution in [0.2, 0.25) is 0 Å². The van der Waals surface area contributed by atoms with E-state index in [0.29, 0.717) is 12.8 Å². The highest BCUT2D eigenvalue weighted by atomic mass is 16.5. The van der Waals surface area contributed by atoms with E-state index in [1.54, 1.807) is 0 Å². The molecule has 0 radical (unpaired) electrons. The minimum absolute atomic E-state index is 0.215. The Balaban J connectivity index is 1.08. The van der Waals surface area contributed by atoms with Crippen molar-refractivity contribution in [3.8, 4) is 17.1 Å². The molecule has 1 saturated heterocycles. The maximum absolute atomic E-state index is 12.7. The summed E-state index contributed by atoms with van der Waals surface area (Å²) in [7, 11) is 0. The van der Waals surface area contributed by atoms with E-state index in [9.17, 15) is 4.79 Å². The van der Waals surface area contributed by atoms with Crippen molar-refractivity contribution in [1.82, 2.24) is 9.80 Å². The molecule has 31 heavy (non-hydrogen) atoms.